The first kappa shape index (κ1) is 10.4. The third-order valence-electron chi connectivity index (χ3n) is 2.40. The summed E-state index contributed by atoms with van der Waals surface area (Å²) in [6, 6.07) is 8.03. The van der Waals surface area contributed by atoms with E-state index in [9.17, 15) is 0 Å². The summed E-state index contributed by atoms with van der Waals surface area (Å²) in [5.74, 6) is 0. The molecule has 0 aliphatic rings. The van der Waals surface area contributed by atoms with Gasteiger partial charge in [-0.3, -0.25) is 0 Å². The van der Waals surface area contributed by atoms with Crippen LogP contribution in [0.5, 0.6) is 0 Å². The van der Waals surface area contributed by atoms with Gasteiger partial charge in [0.1, 0.15) is 0 Å². The van der Waals surface area contributed by atoms with E-state index in [1.807, 2.05) is 42.1 Å². The van der Waals surface area contributed by atoms with E-state index in [-0.39, 0.29) is 0 Å². The molecule has 2 rings (SSSR count). The van der Waals surface area contributed by atoms with Crippen LogP contribution in [-0.4, -0.2) is 9.78 Å². The van der Waals surface area contributed by atoms with Gasteiger partial charge in [-0.15, -0.1) is 0 Å². The number of nitrogens with two attached hydrogens (primary N) is 1. The summed E-state index contributed by atoms with van der Waals surface area (Å²) in [4.78, 5) is 0. The van der Waals surface area contributed by atoms with E-state index in [2.05, 4.69) is 21.0 Å². The third kappa shape index (κ3) is 1.96. The first-order valence-electron chi connectivity index (χ1n) is 4.72. The Morgan fingerprint density at radius 3 is 2.53 bits per heavy atom. The Hall–Kier alpha value is -1.13. The average molecular weight is 266 g/mol. The summed E-state index contributed by atoms with van der Waals surface area (Å²) in [6.45, 7) is 2.56. The van der Waals surface area contributed by atoms with Crippen LogP contribution >= 0.6 is 15.9 Å². The number of aromatic nitrogens is 2. The fraction of sp³-hybridized carbons (Fsp3) is 0.182. The minimum absolute atomic E-state index is 0.530. The number of hydrogen-bond donors (Lipinski definition) is 1. The molecule has 0 spiro atoms. The van der Waals surface area contributed by atoms with Gasteiger partial charge in [0.15, 0.2) is 0 Å². The zero-order chi connectivity index (χ0) is 10.8. The van der Waals surface area contributed by atoms with Crippen molar-refractivity contribution >= 4 is 15.9 Å². The smallest absolute Gasteiger partial charge is 0.0649 e. The summed E-state index contributed by atoms with van der Waals surface area (Å²) in [6.07, 6.45) is 1.82. The van der Waals surface area contributed by atoms with Gasteiger partial charge in [0, 0.05) is 22.3 Å². The standard InChI is InChI=1S/C11H12BrN3/c1-8-9(6-13)7-14-15(8)11-4-2-10(12)3-5-11/h2-5,7H,6,13H2,1H3. The van der Waals surface area contributed by atoms with Gasteiger partial charge in [0.2, 0.25) is 0 Å². The summed E-state index contributed by atoms with van der Waals surface area (Å²) in [5, 5.41) is 4.31. The van der Waals surface area contributed by atoms with Crippen molar-refractivity contribution in [2.24, 2.45) is 5.73 Å². The number of halogens is 1. The van der Waals surface area contributed by atoms with Crippen molar-refractivity contribution in [3.63, 3.8) is 0 Å². The maximum atomic E-state index is 5.61. The fourth-order valence-corrected chi connectivity index (χ4v) is 1.75. The lowest BCUT2D eigenvalue weighted by atomic mass is 10.2. The SMILES string of the molecule is Cc1c(CN)cnn1-c1ccc(Br)cc1. The molecule has 1 heterocycles. The largest absolute Gasteiger partial charge is 0.326 e. The Balaban J connectivity index is 2.45. The number of benzene rings is 1. The van der Waals surface area contributed by atoms with Crippen LogP contribution in [0.1, 0.15) is 11.3 Å². The van der Waals surface area contributed by atoms with Crippen LogP contribution in [0.3, 0.4) is 0 Å². The van der Waals surface area contributed by atoms with Crippen LogP contribution in [-0.2, 0) is 6.54 Å². The lowest BCUT2D eigenvalue weighted by Crippen LogP contribution is -2.01. The number of rotatable bonds is 2. The van der Waals surface area contributed by atoms with E-state index in [1.165, 1.54) is 0 Å². The topological polar surface area (TPSA) is 43.8 Å². The van der Waals surface area contributed by atoms with Gasteiger partial charge in [-0.1, -0.05) is 15.9 Å². The molecule has 0 saturated heterocycles. The molecule has 4 heteroatoms. The third-order valence-corrected chi connectivity index (χ3v) is 2.93. The van der Waals surface area contributed by atoms with Crippen LogP contribution in [0.2, 0.25) is 0 Å². The molecule has 78 valence electrons. The molecule has 2 N–H and O–H groups in total. The van der Waals surface area contributed by atoms with Crippen molar-refractivity contribution < 1.29 is 0 Å². The van der Waals surface area contributed by atoms with E-state index in [4.69, 9.17) is 5.73 Å². The monoisotopic (exact) mass is 265 g/mol. The molecule has 1 aromatic heterocycles. The summed E-state index contributed by atoms with van der Waals surface area (Å²) in [5.41, 5.74) is 8.84. The van der Waals surface area contributed by atoms with E-state index >= 15 is 0 Å². The maximum absolute atomic E-state index is 5.61. The van der Waals surface area contributed by atoms with E-state index in [0.29, 0.717) is 6.54 Å². The Morgan fingerprint density at radius 1 is 1.33 bits per heavy atom. The van der Waals surface area contributed by atoms with Crippen LogP contribution < -0.4 is 5.73 Å². The Kier molecular flexibility index (Phi) is 2.88. The quantitative estimate of drug-likeness (QED) is 0.907. The molecule has 3 nitrogen and oxygen atoms in total. The van der Waals surface area contributed by atoms with Crippen LogP contribution in [0.15, 0.2) is 34.9 Å². The molecule has 0 bridgehead atoms. The lowest BCUT2D eigenvalue weighted by molar-refractivity contribution is 0.843. The number of hydrogen-bond acceptors (Lipinski definition) is 2. The van der Waals surface area contributed by atoms with Gasteiger partial charge in [-0.05, 0) is 31.2 Å². The van der Waals surface area contributed by atoms with Crippen LogP contribution in [0, 0.1) is 6.92 Å². The second-order valence-corrected chi connectivity index (χ2v) is 4.26. The molecule has 0 aliphatic carbocycles. The molecular formula is C11H12BrN3. The minimum Gasteiger partial charge on any atom is -0.326 e. The molecule has 0 amide bonds. The highest BCUT2D eigenvalue weighted by Crippen LogP contribution is 2.16. The predicted molar refractivity (Wildman–Crippen MR) is 63.9 cm³/mol. The highest BCUT2D eigenvalue weighted by atomic mass is 79.9. The van der Waals surface area contributed by atoms with Crippen molar-refractivity contribution in [1.82, 2.24) is 9.78 Å². The average Bonchev–Trinajstić information content (AvgIpc) is 2.61. The zero-order valence-corrected chi connectivity index (χ0v) is 10.0. The van der Waals surface area contributed by atoms with Gasteiger partial charge in [-0.2, -0.15) is 5.10 Å². The Bertz CT molecular complexity index is 459. The predicted octanol–water partition coefficient (Wildman–Crippen LogP) is 2.40. The Labute approximate surface area is 97.0 Å². The van der Waals surface area contributed by atoms with Crippen molar-refractivity contribution in [3.05, 3.63) is 46.2 Å². The van der Waals surface area contributed by atoms with Gasteiger partial charge in [0.05, 0.1) is 11.9 Å². The normalized spacial score (nSPS) is 10.6. The lowest BCUT2D eigenvalue weighted by Gasteiger charge is -2.04. The minimum atomic E-state index is 0.530. The van der Waals surface area contributed by atoms with E-state index in [1.54, 1.807) is 0 Å². The molecule has 2 aromatic rings. The van der Waals surface area contributed by atoms with Crippen molar-refractivity contribution in [3.8, 4) is 5.69 Å². The molecule has 0 radical (unpaired) electrons. The summed E-state index contributed by atoms with van der Waals surface area (Å²) in [7, 11) is 0. The molecule has 0 unspecified atom stereocenters. The highest BCUT2D eigenvalue weighted by molar-refractivity contribution is 9.10. The first-order chi connectivity index (χ1) is 7.22. The molecule has 0 atom stereocenters. The Morgan fingerprint density at radius 2 is 2.00 bits per heavy atom. The van der Waals surface area contributed by atoms with E-state index < -0.39 is 0 Å². The van der Waals surface area contributed by atoms with Gasteiger partial charge >= 0.3 is 0 Å². The van der Waals surface area contributed by atoms with Gasteiger partial charge < -0.3 is 5.73 Å². The van der Waals surface area contributed by atoms with Gasteiger partial charge in [0.25, 0.3) is 0 Å². The van der Waals surface area contributed by atoms with Crippen molar-refractivity contribution in [1.29, 1.82) is 0 Å². The molecule has 0 aliphatic heterocycles. The highest BCUT2D eigenvalue weighted by Gasteiger charge is 2.05. The van der Waals surface area contributed by atoms with Crippen LogP contribution in [0.4, 0.5) is 0 Å². The zero-order valence-electron chi connectivity index (χ0n) is 8.44. The second-order valence-electron chi connectivity index (χ2n) is 3.35. The van der Waals surface area contributed by atoms with Crippen LogP contribution in [0.25, 0.3) is 5.69 Å². The molecular weight excluding hydrogens is 254 g/mol. The van der Waals surface area contributed by atoms with Crippen molar-refractivity contribution in [2.45, 2.75) is 13.5 Å². The molecule has 1 aromatic carbocycles. The summed E-state index contributed by atoms with van der Waals surface area (Å²) >= 11 is 3.41. The maximum Gasteiger partial charge on any atom is 0.0649 e. The first-order valence-corrected chi connectivity index (χ1v) is 5.51. The molecule has 0 saturated carbocycles. The molecule has 0 fully saturated rings. The molecule has 15 heavy (non-hydrogen) atoms. The number of nitrogens with zero attached hydrogens (tertiary/aromatic N) is 2. The fourth-order valence-electron chi connectivity index (χ4n) is 1.49. The van der Waals surface area contributed by atoms with Crippen molar-refractivity contribution in [2.75, 3.05) is 0 Å². The second kappa shape index (κ2) is 4.16. The van der Waals surface area contributed by atoms with Gasteiger partial charge in [-0.25, -0.2) is 4.68 Å². The summed E-state index contributed by atoms with van der Waals surface area (Å²) < 4.78 is 2.96. The van der Waals surface area contributed by atoms with E-state index in [0.717, 1.165) is 21.4 Å².